The molecule has 1 aliphatic carbocycles. The summed E-state index contributed by atoms with van der Waals surface area (Å²) in [6.45, 7) is 13.3. The Bertz CT molecular complexity index is 231. The second-order valence-corrected chi connectivity index (χ2v) is 7.05. The number of rotatable bonds is 2. The van der Waals surface area contributed by atoms with Gasteiger partial charge in [0.1, 0.15) is 0 Å². The van der Waals surface area contributed by atoms with Gasteiger partial charge >= 0.3 is 0 Å². The fourth-order valence-corrected chi connectivity index (χ4v) is 3.98. The Labute approximate surface area is 107 Å². The van der Waals surface area contributed by atoms with Crippen LogP contribution in [0.3, 0.4) is 0 Å². The van der Waals surface area contributed by atoms with Gasteiger partial charge < -0.3 is 10.6 Å². The number of hydrogen-bond donors (Lipinski definition) is 1. The minimum Gasteiger partial charge on any atom is -0.327 e. The van der Waals surface area contributed by atoms with Crippen LogP contribution in [0.15, 0.2) is 0 Å². The van der Waals surface area contributed by atoms with E-state index in [9.17, 15) is 0 Å². The molecular weight excluding hydrogens is 208 g/mol. The molecule has 2 aliphatic rings. The summed E-state index contributed by atoms with van der Waals surface area (Å²) in [7, 11) is 0. The first-order valence-electron chi connectivity index (χ1n) is 7.45. The molecule has 0 radical (unpaired) electrons. The molecular formula is C15H30N2. The SMILES string of the molecule is CC1CC(C)C(CN2CC(C)C(C)C2)C(N)C1. The van der Waals surface area contributed by atoms with Crippen molar-refractivity contribution in [1.82, 2.24) is 4.90 Å². The van der Waals surface area contributed by atoms with Crippen LogP contribution in [-0.2, 0) is 0 Å². The summed E-state index contributed by atoms with van der Waals surface area (Å²) in [5.74, 6) is 4.09. The van der Waals surface area contributed by atoms with Crippen molar-refractivity contribution < 1.29 is 0 Å². The van der Waals surface area contributed by atoms with Crippen molar-refractivity contribution in [1.29, 1.82) is 0 Å². The first-order valence-corrected chi connectivity index (χ1v) is 7.45. The van der Waals surface area contributed by atoms with Gasteiger partial charge in [0.05, 0.1) is 0 Å². The maximum atomic E-state index is 6.38. The molecule has 2 heteroatoms. The van der Waals surface area contributed by atoms with E-state index >= 15 is 0 Å². The summed E-state index contributed by atoms with van der Waals surface area (Å²) in [4.78, 5) is 2.66. The zero-order valence-electron chi connectivity index (χ0n) is 12.0. The minimum atomic E-state index is 0.431. The number of nitrogens with zero attached hydrogens (tertiary/aromatic N) is 1. The molecule has 1 heterocycles. The first kappa shape index (κ1) is 13.4. The summed E-state index contributed by atoms with van der Waals surface area (Å²) in [5, 5.41) is 0. The van der Waals surface area contributed by atoms with Gasteiger partial charge in [-0.05, 0) is 42.4 Å². The van der Waals surface area contributed by atoms with Crippen LogP contribution in [0.5, 0.6) is 0 Å². The van der Waals surface area contributed by atoms with Crippen LogP contribution in [0.4, 0.5) is 0 Å². The fraction of sp³-hybridized carbons (Fsp3) is 1.00. The van der Waals surface area contributed by atoms with Crippen LogP contribution >= 0.6 is 0 Å². The van der Waals surface area contributed by atoms with Crippen LogP contribution in [0, 0.1) is 29.6 Å². The molecule has 2 rings (SSSR count). The van der Waals surface area contributed by atoms with Gasteiger partial charge in [-0.3, -0.25) is 0 Å². The van der Waals surface area contributed by atoms with Gasteiger partial charge in [0.25, 0.3) is 0 Å². The number of likely N-dealkylation sites (tertiary alicyclic amines) is 1. The van der Waals surface area contributed by atoms with E-state index in [0.717, 1.165) is 29.6 Å². The van der Waals surface area contributed by atoms with E-state index in [1.54, 1.807) is 0 Å². The molecule has 0 amide bonds. The fourth-order valence-electron chi connectivity index (χ4n) is 3.98. The quantitative estimate of drug-likeness (QED) is 0.801. The van der Waals surface area contributed by atoms with Crippen molar-refractivity contribution in [2.24, 2.45) is 35.3 Å². The largest absolute Gasteiger partial charge is 0.327 e. The number of hydrogen-bond acceptors (Lipinski definition) is 2. The lowest BCUT2D eigenvalue weighted by Gasteiger charge is -2.39. The van der Waals surface area contributed by atoms with E-state index in [2.05, 4.69) is 32.6 Å². The van der Waals surface area contributed by atoms with Gasteiger partial charge in [0, 0.05) is 25.7 Å². The molecule has 1 saturated heterocycles. The summed E-state index contributed by atoms with van der Waals surface area (Å²) >= 11 is 0. The summed E-state index contributed by atoms with van der Waals surface area (Å²) in [6.07, 6.45) is 2.60. The van der Waals surface area contributed by atoms with E-state index in [1.165, 1.54) is 32.5 Å². The van der Waals surface area contributed by atoms with Crippen LogP contribution in [0.1, 0.15) is 40.5 Å². The van der Waals surface area contributed by atoms with E-state index in [0.29, 0.717) is 6.04 Å². The Morgan fingerprint density at radius 1 is 0.941 bits per heavy atom. The monoisotopic (exact) mass is 238 g/mol. The van der Waals surface area contributed by atoms with Crippen LogP contribution < -0.4 is 5.73 Å². The van der Waals surface area contributed by atoms with Crippen molar-refractivity contribution in [2.45, 2.75) is 46.6 Å². The van der Waals surface area contributed by atoms with Gasteiger partial charge in [-0.1, -0.05) is 27.7 Å². The van der Waals surface area contributed by atoms with Crippen molar-refractivity contribution in [3.8, 4) is 0 Å². The smallest absolute Gasteiger partial charge is 0.00844 e. The lowest BCUT2D eigenvalue weighted by Crippen LogP contribution is -2.46. The molecule has 0 spiro atoms. The number of nitrogens with two attached hydrogens (primary N) is 1. The van der Waals surface area contributed by atoms with Crippen molar-refractivity contribution >= 4 is 0 Å². The molecule has 2 nitrogen and oxygen atoms in total. The predicted octanol–water partition coefficient (Wildman–Crippen LogP) is 2.58. The standard InChI is InChI=1S/C15H30N2/c1-10-5-11(2)14(15(16)6-10)9-17-7-12(3)13(4)8-17/h10-15H,5-9,16H2,1-4H3. The molecule has 100 valence electrons. The Morgan fingerprint density at radius 2 is 1.53 bits per heavy atom. The highest BCUT2D eigenvalue weighted by atomic mass is 15.2. The predicted molar refractivity (Wildman–Crippen MR) is 73.8 cm³/mol. The van der Waals surface area contributed by atoms with Gasteiger partial charge in [-0.15, -0.1) is 0 Å². The van der Waals surface area contributed by atoms with E-state index in [1.807, 2.05) is 0 Å². The molecule has 0 bridgehead atoms. The van der Waals surface area contributed by atoms with Crippen molar-refractivity contribution in [3.63, 3.8) is 0 Å². The van der Waals surface area contributed by atoms with E-state index in [4.69, 9.17) is 5.73 Å². The maximum absolute atomic E-state index is 6.38. The Balaban J connectivity index is 1.90. The Hall–Kier alpha value is -0.0800. The minimum absolute atomic E-state index is 0.431. The van der Waals surface area contributed by atoms with Crippen molar-refractivity contribution in [2.75, 3.05) is 19.6 Å². The van der Waals surface area contributed by atoms with E-state index < -0.39 is 0 Å². The third kappa shape index (κ3) is 3.03. The first-order chi connectivity index (χ1) is 7.97. The molecule has 2 fully saturated rings. The summed E-state index contributed by atoms with van der Waals surface area (Å²) < 4.78 is 0. The molecule has 2 N–H and O–H groups in total. The van der Waals surface area contributed by atoms with Crippen molar-refractivity contribution in [3.05, 3.63) is 0 Å². The molecule has 0 aromatic heterocycles. The molecule has 1 aliphatic heterocycles. The topological polar surface area (TPSA) is 29.3 Å². The lowest BCUT2D eigenvalue weighted by atomic mass is 9.72. The highest BCUT2D eigenvalue weighted by Crippen LogP contribution is 2.34. The highest BCUT2D eigenvalue weighted by molar-refractivity contribution is 4.89. The van der Waals surface area contributed by atoms with Crippen LogP contribution in [-0.4, -0.2) is 30.6 Å². The third-order valence-electron chi connectivity index (χ3n) is 5.26. The molecule has 6 unspecified atom stereocenters. The zero-order valence-corrected chi connectivity index (χ0v) is 12.0. The second kappa shape index (κ2) is 5.27. The maximum Gasteiger partial charge on any atom is 0.00844 e. The lowest BCUT2D eigenvalue weighted by molar-refractivity contribution is 0.127. The Morgan fingerprint density at radius 3 is 2.06 bits per heavy atom. The molecule has 17 heavy (non-hydrogen) atoms. The second-order valence-electron chi connectivity index (χ2n) is 7.05. The molecule has 1 saturated carbocycles. The summed E-state index contributed by atoms with van der Waals surface area (Å²) in [5.41, 5.74) is 6.38. The normalized spacial score (nSPS) is 48.5. The molecule has 0 aromatic rings. The highest BCUT2D eigenvalue weighted by Gasteiger charge is 2.35. The van der Waals surface area contributed by atoms with Gasteiger partial charge in [-0.25, -0.2) is 0 Å². The Kier molecular flexibility index (Phi) is 4.14. The average Bonchev–Trinajstić information content (AvgIpc) is 2.52. The van der Waals surface area contributed by atoms with Gasteiger partial charge in [0.2, 0.25) is 0 Å². The molecule has 6 atom stereocenters. The average molecular weight is 238 g/mol. The van der Waals surface area contributed by atoms with Crippen LogP contribution in [0.2, 0.25) is 0 Å². The summed E-state index contributed by atoms with van der Waals surface area (Å²) in [6, 6.07) is 0.431. The van der Waals surface area contributed by atoms with Crippen LogP contribution in [0.25, 0.3) is 0 Å². The van der Waals surface area contributed by atoms with Gasteiger partial charge in [0.15, 0.2) is 0 Å². The third-order valence-corrected chi connectivity index (χ3v) is 5.26. The van der Waals surface area contributed by atoms with Gasteiger partial charge in [-0.2, -0.15) is 0 Å². The van der Waals surface area contributed by atoms with E-state index in [-0.39, 0.29) is 0 Å². The zero-order chi connectivity index (χ0) is 12.6. The molecule has 0 aromatic carbocycles.